The first-order valence-electron chi connectivity index (χ1n) is 7.62. The number of fused-ring (bicyclic) bond motifs is 2. The molecule has 7 heteroatoms. The zero-order valence-electron chi connectivity index (χ0n) is 12.4. The highest BCUT2D eigenvalue weighted by molar-refractivity contribution is 7.09. The number of hydrogen-bond donors (Lipinski definition) is 1. The van der Waals surface area contributed by atoms with Crippen LogP contribution in [0, 0.1) is 0 Å². The summed E-state index contributed by atoms with van der Waals surface area (Å²) in [6, 6.07) is 0. The molecule has 0 atom stereocenters. The highest BCUT2D eigenvalue weighted by Gasteiger charge is 2.42. The Kier molecular flexibility index (Phi) is 3.56. The van der Waals surface area contributed by atoms with Crippen molar-refractivity contribution in [1.82, 2.24) is 19.9 Å². The number of ether oxygens (including phenoxy) is 1. The average Bonchev–Trinajstić information content (AvgIpc) is 3.04. The molecule has 0 unspecified atom stereocenters. The van der Waals surface area contributed by atoms with Crippen LogP contribution in [0.3, 0.4) is 0 Å². The number of aromatic nitrogens is 3. The van der Waals surface area contributed by atoms with E-state index in [1.165, 1.54) is 10.6 Å². The van der Waals surface area contributed by atoms with Crippen molar-refractivity contribution >= 4 is 17.3 Å². The Balaban J connectivity index is 1.52. The van der Waals surface area contributed by atoms with Crippen LogP contribution in [0.2, 0.25) is 0 Å². The standard InChI is InChI=1S/C15H19N5OS/c16-14-18-9-11-1-7-21-15(13(11)19-14)2-5-20(6-3-15)10-12-17-4-8-22-12/h4,8-9H,1-3,5-7,10H2,(H2,16,18,19). The molecule has 4 heterocycles. The van der Waals surface area contributed by atoms with Gasteiger partial charge in [-0.2, -0.15) is 0 Å². The van der Waals surface area contributed by atoms with E-state index in [4.69, 9.17) is 10.5 Å². The minimum absolute atomic E-state index is 0.274. The second-order valence-corrected chi connectivity index (χ2v) is 6.88. The SMILES string of the molecule is Nc1ncc2c(n1)C1(CCN(Cc3nccs3)CC1)OCC2. The molecule has 0 aromatic carbocycles. The van der Waals surface area contributed by atoms with Gasteiger partial charge in [-0.25, -0.2) is 15.0 Å². The maximum Gasteiger partial charge on any atom is 0.220 e. The molecular formula is C15H19N5OS. The van der Waals surface area contributed by atoms with Crippen LogP contribution in [0.5, 0.6) is 0 Å². The van der Waals surface area contributed by atoms with E-state index in [1.54, 1.807) is 11.3 Å². The molecule has 4 rings (SSSR count). The van der Waals surface area contributed by atoms with E-state index in [1.807, 2.05) is 17.8 Å². The summed E-state index contributed by atoms with van der Waals surface area (Å²) < 4.78 is 6.19. The van der Waals surface area contributed by atoms with E-state index in [-0.39, 0.29) is 5.60 Å². The highest BCUT2D eigenvalue weighted by Crippen LogP contribution is 2.40. The zero-order chi connectivity index (χ0) is 15.0. The summed E-state index contributed by atoms with van der Waals surface area (Å²) in [7, 11) is 0. The first-order chi connectivity index (χ1) is 10.8. The van der Waals surface area contributed by atoms with Gasteiger partial charge in [-0.3, -0.25) is 4.90 Å². The van der Waals surface area contributed by atoms with Crippen LogP contribution in [-0.2, 0) is 23.3 Å². The Morgan fingerprint density at radius 1 is 1.32 bits per heavy atom. The number of anilines is 1. The summed E-state index contributed by atoms with van der Waals surface area (Å²) in [6.45, 7) is 3.64. The number of thiazole rings is 1. The molecule has 2 aliphatic rings. The Bertz CT molecular complexity index is 652. The van der Waals surface area contributed by atoms with Gasteiger partial charge < -0.3 is 10.5 Å². The molecule has 1 fully saturated rings. The van der Waals surface area contributed by atoms with Crippen LogP contribution in [-0.4, -0.2) is 39.5 Å². The van der Waals surface area contributed by atoms with E-state index < -0.39 is 0 Å². The van der Waals surface area contributed by atoms with Gasteiger partial charge in [-0.15, -0.1) is 11.3 Å². The third-order valence-electron chi connectivity index (χ3n) is 4.57. The molecule has 22 heavy (non-hydrogen) atoms. The fourth-order valence-corrected chi connectivity index (χ4v) is 4.06. The average molecular weight is 317 g/mol. The molecule has 0 saturated carbocycles. The zero-order valence-corrected chi connectivity index (χ0v) is 13.2. The van der Waals surface area contributed by atoms with E-state index >= 15 is 0 Å². The Morgan fingerprint density at radius 3 is 2.95 bits per heavy atom. The number of nitrogen functional groups attached to an aromatic ring is 1. The number of piperidine rings is 1. The van der Waals surface area contributed by atoms with Crippen LogP contribution < -0.4 is 5.73 Å². The van der Waals surface area contributed by atoms with Crippen molar-refractivity contribution < 1.29 is 4.74 Å². The molecule has 0 amide bonds. The minimum atomic E-state index is -0.274. The minimum Gasteiger partial charge on any atom is -0.368 e. The Labute approximate surface area is 133 Å². The van der Waals surface area contributed by atoms with Gasteiger partial charge in [0.1, 0.15) is 10.6 Å². The van der Waals surface area contributed by atoms with Gasteiger partial charge in [0.2, 0.25) is 5.95 Å². The van der Waals surface area contributed by atoms with Crippen molar-refractivity contribution in [2.75, 3.05) is 25.4 Å². The molecule has 1 saturated heterocycles. The lowest BCUT2D eigenvalue weighted by molar-refractivity contribution is -0.102. The molecule has 0 bridgehead atoms. The summed E-state index contributed by atoms with van der Waals surface area (Å²) in [4.78, 5) is 15.4. The Morgan fingerprint density at radius 2 is 2.18 bits per heavy atom. The smallest absolute Gasteiger partial charge is 0.220 e. The normalized spacial score (nSPS) is 20.9. The maximum absolute atomic E-state index is 6.19. The van der Waals surface area contributed by atoms with Gasteiger partial charge in [0, 0.05) is 30.9 Å². The fourth-order valence-electron chi connectivity index (χ4n) is 3.40. The Hall–Kier alpha value is -1.57. The van der Waals surface area contributed by atoms with Crippen LogP contribution in [0.15, 0.2) is 17.8 Å². The molecule has 0 radical (unpaired) electrons. The molecule has 1 spiro atoms. The summed E-state index contributed by atoms with van der Waals surface area (Å²) in [6.07, 6.45) is 6.50. The van der Waals surface area contributed by atoms with Crippen molar-refractivity contribution in [1.29, 1.82) is 0 Å². The van der Waals surface area contributed by atoms with E-state index in [0.717, 1.165) is 51.2 Å². The quantitative estimate of drug-likeness (QED) is 0.906. The first kappa shape index (κ1) is 14.0. The first-order valence-corrected chi connectivity index (χ1v) is 8.50. The number of nitrogens with zero attached hydrogens (tertiary/aromatic N) is 4. The predicted molar refractivity (Wildman–Crippen MR) is 84.4 cm³/mol. The third-order valence-corrected chi connectivity index (χ3v) is 5.33. The number of nitrogens with two attached hydrogens (primary N) is 1. The van der Waals surface area contributed by atoms with Gasteiger partial charge in [-0.1, -0.05) is 0 Å². The molecule has 116 valence electrons. The van der Waals surface area contributed by atoms with Gasteiger partial charge in [0.05, 0.1) is 18.8 Å². The molecule has 2 aromatic rings. The number of hydrogen-bond acceptors (Lipinski definition) is 7. The van der Waals surface area contributed by atoms with E-state index in [9.17, 15) is 0 Å². The molecule has 0 aliphatic carbocycles. The van der Waals surface area contributed by atoms with Crippen LogP contribution >= 0.6 is 11.3 Å². The summed E-state index contributed by atoms with van der Waals surface area (Å²) in [5, 5.41) is 3.20. The lowest BCUT2D eigenvalue weighted by atomic mass is 9.83. The van der Waals surface area contributed by atoms with Crippen molar-refractivity contribution in [2.24, 2.45) is 0 Å². The predicted octanol–water partition coefficient (Wildman–Crippen LogP) is 1.58. The monoisotopic (exact) mass is 317 g/mol. The van der Waals surface area contributed by atoms with Crippen LogP contribution in [0.1, 0.15) is 29.1 Å². The third kappa shape index (κ3) is 2.49. The van der Waals surface area contributed by atoms with Gasteiger partial charge in [0.25, 0.3) is 0 Å². The molecular weight excluding hydrogens is 298 g/mol. The van der Waals surface area contributed by atoms with Crippen molar-refractivity contribution in [2.45, 2.75) is 31.4 Å². The topological polar surface area (TPSA) is 77.2 Å². The largest absolute Gasteiger partial charge is 0.368 e. The summed E-state index contributed by atoms with van der Waals surface area (Å²) in [5.41, 5.74) is 7.72. The summed E-state index contributed by atoms with van der Waals surface area (Å²) >= 11 is 1.71. The lowest BCUT2D eigenvalue weighted by Gasteiger charge is -2.43. The summed E-state index contributed by atoms with van der Waals surface area (Å²) in [5.74, 6) is 0.342. The number of likely N-dealkylation sites (tertiary alicyclic amines) is 1. The van der Waals surface area contributed by atoms with Crippen molar-refractivity contribution in [3.63, 3.8) is 0 Å². The molecule has 6 nitrogen and oxygen atoms in total. The second-order valence-electron chi connectivity index (χ2n) is 5.90. The van der Waals surface area contributed by atoms with E-state index in [0.29, 0.717) is 5.95 Å². The van der Waals surface area contributed by atoms with E-state index in [2.05, 4.69) is 19.9 Å². The van der Waals surface area contributed by atoms with Crippen molar-refractivity contribution in [3.05, 3.63) is 34.0 Å². The van der Waals surface area contributed by atoms with Crippen LogP contribution in [0.4, 0.5) is 5.95 Å². The van der Waals surface area contributed by atoms with Gasteiger partial charge in [0.15, 0.2) is 0 Å². The van der Waals surface area contributed by atoms with Crippen molar-refractivity contribution in [3.8, 4) is 0 Å². The molecule has 2 aromatic heterocycles. The van der Waals surface area contributed by atoms with Gasteiger partial charge in [-0.05, 0) is 24.8 Å². The lowest BCUT2D eigenvalue weighted by Crippen LogP contribution is -2.47. The highest BCUT2D eigenvalue weighted by atomic mass is 32.1. The molecule has 2 N–H and O–H groups in total. The second kappa shape index (κ2) is 5.57. The van der Waals surface area contributed by atoms with Crippen LogP contribution in [0.25, 0.3) is 0 Å². The fraction of sp³-hybridized carbons (Fsp3) is 0.533. The van der Waals surface area contributed by atoms with Gasteiger partial charge >= 0.3 is 0 Å². The maximum atomic E-state index is 6.19. The molecule has 2 aliphatic heterocycles. The number of rotatable bonds is 2.